The molecule has 0 radical (unpaired) electrons. The number of ether oxygens (including phenoxy) is 2. The van der Waals surface area contributed by atoms with Crippen molar-refractivity contribution < 1.29 is 19.4 Å². The predicted molar refractivity (Wildman–Crippen MR) is 86.4 cm³/mol. The maximum Gasteiger partial charge on any atom is 0.407 e. The number of alkyl carbamates (subject to hydrolysis) is 1. The van der Waals surface area contributed by atoms with Gasteiger partial charge in [-0.25, -0.2) is 4.79 Å². The first-order valence-corrected chi connectivity index (χ1v) is 7.83. The van der Waals surface area contributed by atoms with Gasteiger partial charge in [-0.3, -0.25) is 0 Å². The summed E-state index contributed by atoms with van der Waals surface area (Å²) in [5.74, 6) is 0.841. The minimum Gasteiger partial charge on any atom is -0.494 e. The maximum atomic E-state index is 11.9. The fourth-order valence-corrected chi connectivity index (χ4v) is 2.18. The number of carbonyl (C=O) groups is 1. The van der Waals surface area contributed by atoms with Gasteiger partial charge in [0.15, 0.2) is 0 Å². The molecule has 0 aromatic heterocycles. The summed E-state index contributed by atoms with van der Waals surface area (Å²) in [6, 6.07) is -0.414. The summed E-state index contributed by atoms with van der Waals surface area (Å²) in [6.45, 7) is 10.0. The number of carbonyl (C=O) groups excluding carboxylic acids is 1. The van der Waals surface area contributed by atoms with Gasteiger partial charge in [-0.2, -0.15) is 0 Å². The van der Waals surface area contributed by atoms with Crippen LogP contribution in [0.3, 0.4) is 0 Å². The Morgan fingerprint density at radius 1 is 1.50 bits per heavy atom. The van der Waals surface area contributed by atoms with Gasteiger partial charge in [0.05, 0.1) is 19.3 Å². The van der Waals surface area contributed by atoms with E-state index in [0.717, 1.165) is 12.2 Å². The van der Waals surface area contributed by atoms with E-state index in [2.05, 4.69) is 12.2 Å². The number of aliphatic hydroxyl groups is 1. The Hall–Kier alpha value is -1.49. The maximum absolute atomic E-state index is 11.9. The molecule has 0 spiro atoms. The number of amides is 1. The van der Waals surface area contributed by atoms with Crippen LogP contribution in [0.2, 0.25) is 0 Å². The van der Waals surface area contributed by atoms with Gasteiger partial charge < -0.3 is 19.9 Å². The third kappa shape index (κ3) is 5.72. The van der Waals surface area contributed by atoms with Gasteiger partial charge >= 0.3 is 6.09 Å². The van der Waals surface area contributed by atoms with Crippen molar-refractivity contribution >= 4 is 6.09 Å². The van der Waals surface area contributed by atoms with Crippen LogP contribution in [-0.2, 0) is 9.47 Å². The van der Waals surface area contributed by atoms with E-state index in [0.29, 0.717) is 13.0 Å². The minimum atomic E-state index is -0.561. The molecule has 1 aliphatic rings. The highest BCUT2D eigenvalue weighted by atomic mass is 16.6. The predicted octanol–water partition coefficient (Wildman–Crippen LogP) is 3.15. The molecule has 0 fully saturated rings. The topological polar surface area (TPSA) is 67.8 Å². The average molecular weight is 311 g/mol. The van der Waals surface area contributed by atoms with E-state index in [9.17, 15) is 9.90 Å². The van der Waals surface area contributed by atoms with E-state index in [1.807, 2.05) is 45.9 Å². The molecule has 0 bridgehead atoms. The smallest absolute Gasteiger partial charge is 0.407 e. The highest BCUT2D eigenvalue weighted by Crippen LogP contribution is 2.33. The summed E-state index contributed by atoms with van der Waals surface area (Å²) in [7, 11) is 0. The fraction of sp³-hybridized carbons (Fsp3) is 0.706. The zero-order valence-corrected chi connectivity index (χ0v) is 14.3. The van der Waals surface area contributed by atoms with Crippen molar-refractivity contribution in [3.05, 3.63) is 24.0 Å². The van der Waals surface area contributed by atoms with Gasteiger partial charge in [0.1, 0.15) is 11.4 Å². The quantitative estimate of drug-likeness (QED) is 0.790. The molecule has 0 aliphatic heterocycles. The Kier molecular flexibility index (Phi) is 6.48. The average Bonchev–Trinajstić information content (AvgIpc) is 2.42. The second-order valence-electron chi connectivity index (χ2n) is 6.88. The highest BCUT2D eigenvalue weighted by Gasteiger charge is 2.34. The first kappa shape index (κ1) is 18.6. The van der Waals surface area contributed by atoms with E-state index in [1.54, 1.807) is 0 Å². The Labute approximate surface area is 133 Å². The summed E-state index contributed by atoms with van der Waals surface area (Å²) < 4.78 is 10.8. The van der Waals surface area contributed by atoms with Gasteiger partial charge in [0, 0.05) is 5.41 Å². The molecule has 126 valence electrons. The van der Waals surface area contributed by atoms with Crippen LogP contribution >= 0.6 is 0 Å². The number of hydrogen-bond donors (Lipinski definition) is 2. The van der Waals surface area contributed by atoms with E-state index < -0.39 is 17.7 Å². The zero-order valence-electron chi connectivity index (χ0n) is 14.3. The molecule has 2 atom stereocenters. The van der Waals surface area contributed by atoms with E-state index >= 15 is 0 Å². The second kappa shape index (κ2) is 7.68. The molecular formula is C17H29NO4. The molecule has 1 aliphatic carbocycles. The monoisotopic (exact) mass is 311 g/mol. The Balaban J connectivity index is 2.66. The van der Waals surface area contributed by atoms with Crippen LogP contribution in [0.5, 0.6) is 0 Å². The molecule has 0 aromatic carbocycles. The summed E-state index contributed by atoms with van der Waals surface area (Å²) in [5.41, 5.74) is -0.931. The largest absolute Gasteiger partial charge is 0.494 e. The molecule has 0 saturated heterocycles. The van der Waals surface area contributed by atoms with Crippen molar-refractivity contribution in [3.8, 4) is 0 Å². The first-order chi connectivity index (χ1) is 10.2. The molecule has 5 heteroatoms. The molecule has 0 heterocycles. The molecule has 22 heavy (non-hydrogen) atoms. The lowest BCUT2D eigenvalue weighted by Gasteiger charge is -2.36. The van der Waals surface area contributed by atoms with Crippen LogP contribution < -0.4 is 5.32 Å². The number of allylic oxidation sites excluding steroid dienone is 2. The minimum absolute atomic E-state index is 0.154. The van der Waals surface area contributed by atoms with E-state index in [4.69, 9.17) is 9.47 Å². The van der Waals surface area contributed by atoms with Gasteiger partial charge in [-0.1, -0.05) is 19.9 Å². The molecule has 2 N–H and O–H groups in total. The van der Waals surface area contributed by atoms with Gasteiger partial charge in [0.2, 0.25) is 0 Å². The molecule has 0 saturated carbocycles. The summed E-state index contributed by atoms with van der Waals surface area (Å²) >= 11 is 0. The molecule has 1 unspecified atom stereocenters. The molecule has 1 amide bonds. The van der Waals surface area contributed by atoms with Gasteiger partial charge in [0.25, 0.3) is 0 Å². The van der Waals surface area contributed by atoms with Gasteiger partial charge in [-0.05, 0) is 45.8 Å². The van der Waals surface area contributed by atoms with Crippen LogP contribution in [0.25, 0.3) is 0 Å². The van der Waals surface area contributed by atoms with Crippen molar-refractivity contribution in [2.24, 2.45) is 5.41 Å². The Morgan fingerprint density at radius 3 is 2.64 bits per heavy atom. The van der Waals surface area contributed by atoms with Gasteiger partial charge in [-0.15, -0.1) is 0 Å². The van der Waals surface area contributed by atoms with Crippen molar-refractivity contribution in [2.45, 2.75) is 59.1 Å². The van der Waals surface area contributed by atoms with Crippen molar-refractivity contribution in [1.29, 1.82) is 0 Å². The number of hydrogen-bond acceptors (Lipinski definition) is 4. The third-order valence-electron chi connectivity index (χ3n) is 3.51. The second-order valence-corrected chi connectivity index (χ2v) is 6.88. The van der Waals surface area contributed by atoms with Crippen LogP contribution in [0, 0.1) is 5.41 Å². The molecule has 5 nitrogen and oxygen atoms in total. The Morgan fingerprint density at radius 2 is 2.18 bits per heavy atom. The van der Waals surface area contributed by atoms with Crippen LogP contribution in [-0.4, -0.2) is 36.1 Å². The Bertz CT molecular complexity index is 436. The standard InChI is InChI=1S/C17H29NO4/c1-6-11-21-13-7-9-17(5,10-8-13)14(12-19)18-15(20)22-16(2,3)4/h7-9,14,19H,6,10-12H2,1-5H3,(H,18,20)/t14-,17?/m1/s1. The number of aliphatic hydroxyl groups excluding tert-OH is 1. The summed E-state index contributed by atoms with van der Waals surface area (Å²) in [5, 5.41) is 12.4. The van der Waals surface area contributed by atoms with Crippen LogP contribution in [0.4, 0.5) is 4.79 Å². The van der Waals surface area contributed by atoms with Crippen molar-refractivity contribution in [3.63, 3.8) is 0 Å². The SMILES string of the molecule is CCCOC1=CCC(C)([C@@H](CO)NC(=O)OC(C)(C)C)C=C1. The highest BCUT2D eigenvalue weighted by molar-refractivity contribution is 5.68. The van der Waals surface area contributed by atoms with Crippen LogP contribution in [0.1, 0.15) is 47.5 Å². The lowest BCUT2D eigenvalue weighted by atomic mass is 9.77. The fourth-order valence-electron chi connectivity index (χ4n) is 2.18. The van der Waals surface area contributed by atoms with E-state index in [-0.39, 0.29) is 12.0 Å². The van der Waals surface area contributed by atoms with E-state index in [1.165, 1.54) is 0 Å². The molecule has 0 aromatic rings. The van der Waals surface area contributed by atoms with Crippen molar-refractivity contribution in [2.75, 3.05) is 13.2 Å². The van der Waals surface area contributed by atoms with Crippen molar-refractivity contribution in [1.82, 2.24) is 5.32 Å². The lowest BCUT2D eigenvalue weighted by Crippen LogP contribution is -2.49. The van der Waals surface area contributed by atoms with Crippen LogP contribution in [0.15, 0.2) is 24.0 Å². The summed E-state index contributed by atoms with van der Waals surface area (Å²) in [4.78, 5) is 11.9. The normalized spacial score (nSPS) is 22.7. The third-order valence-corrected chi connectivity index (χ3v) is 3.51. The molecule has 1 rings (SSSR count). The lowest BCUT2D eigenvalue weighted by molar-refractivity contribution is 0.0426. The number of rotatable bonds is 6. The first-order valence-electron chi connectivity index (χ1n) is 7.83. The molecular weight excluding hydrogens is 282 g/mol. The summed E-state index contributed by atoms with van der Waals surface area (Å²) in [6.07, 6.45) is 7.01. The number of nitrogens with one attached hydrogen (secondary N) is 1. The zero-order chi connectivity index (χ0) is 16.8.